The highest BCUT2D eigenvalue weighted by atomic mass is 19.1. The van der Waals surface area contributed by atoms with Crippen molar-refractivity contribution in [3.05, 3.63) is 43.0 Å². The van der Waals surface area contributed by atoms with Gasteiger partial charge in [-0.15, -0.1) is 0 Å². The van der Waals surface area contributed by atoms with Crippen LogP contribution < -0.4 is 11.1 Å². The highest BCUT2D eigenvalue weighted by Crippen LogP contribution is 2.35. The molecule has 1 saturated carbocycles. The van der Waals surface area contributed by atoms with Crippen LogP contribution in [0.5, 0.6) is 0 Å². The lowest BCUT2D eigenvalue weighted by molar-refractivity contribution is -0.117. The standard InChI is InChI=1S/C20H17FN6O/c1-27-3-2-10-7-23-8-14(18(10)27)16-4-11-5-17(24-9-13(11)19(22)25-16)26-20(28)12-6-15(12)21/h2-5,7-9,12,15H,6H2,1H3,(H2,22,25)(H,24,26,28). The molecule has 5 rings (SSSR count). The molecule has 8 heteroatoms. The molecule has 2 atom stereocenters. The third-order valence-corrected chi connectivity index (χ3v) is 5.10. The molecule has 1 amide bonds. The number of alkyl halides is 1. The fourth-order valence-corrected chi connectivity index (χ4v) is 3.47. The lowest BCUT2D eigenvalue weighted by atomic mass is 10.1. The van der Waals surface area contributed by atoms with Gasteiger partial charge in [-0.2, -0.15) is 0 Å². The average Bonchev–Trinajstić information content (AvgIpc) is 3.30. The quantitative estimate of drug-likeness (QED) is 0.573. The van der Waals surface area contributed by atoms with Crippen LogP contribution in [-0.4, -0.2) is 31.6 Å². The maximum Gasteiger partial charge on any atom is 0.231 e. The Labute approximate surface area is 159 Å². The third kappa shape index (κ3) is 2.65. The number of nitrogens with zero attached hydrogens (tertiary/aromatic N) is 4. The van der Waals surface area contributed by atoms with Gasteiger partial charge in [0, 0.05) is 48.2 Å². The second kappa shape index (κ2) is 5.98. The molecule has 4 heterocycles. The summed E-state index contributed by atoms with van der Waals surface area (Å²) in [6, 6.07) is 5.61. The Morgan fingerprint density at radius 2 is 2.11 bits per heavy atom. The molecule has 0 aliphatic heterocycles. The van der Waals surface area contributed by atoms with Crippen LogP contribution in [0.2, 0.25) is 0 Å². The van der Waals surface area contributed by atoms with Crippen LogP contribution >= 0.6 is 0 Å². The normalized spacial score (nSPS) is 18.5. The van der Waals surface area contributed by atoms with Gasteiger partial charge in [0.2, 0.25) is 5.91 Å². The first-order valence-corrected chi connectivity index (χ1v) is 8.92. The average molecular weight is 376 g/mol. The maximum absolute atomic E-state index is 13.1. The number of fused-ring (bicyclic) bond motifs is 2. The summed E-state index contributed by atoms with van der Waals surface area (Å²) in [4.78, 5) is 25.0. The summed E-state index contributed by atoms with van der Waals surface area (Å²) in [6.07, 6.45) is 6.32. The molecular weight excluding hydrogens is 359 g/mol. The van der Waals surface area contributed by atoms with Crippen LogP contribution in [0.4, 0.5) is 16.0 Å². The predicted octanol–water partition coefficient (Wildman–Crippen LogP) is 3.06. The molecule has 0 spiro atoms. The Morgan fingerprint density at radius 1 is 1.29 bits per heavy atom. The number of nitrogen functional groups attached to an aromatic ring is 1. The van der Waals surface area contributed by atoms with Crippen LogP contribution in [-0.2, 0) is 11.8 Å². The molecule has 28 heavy (non-hydrogen) atoms. The summed E-state index contributed by atoms with van der Waals surface area (Å²) in [5.41, 5.74) is 8.71. The van der Waals surface area contributed by atoms with E-state index in [2.05, 4.69) is 20.3 Å². The van der Waals surface area contributed by atoms with Crippen molar-refractivity contribution in [3.8, 4) is 11.3 Å². The molecule has 7 nitrogen and oxygen atoms in total. The summed E-state index contributed by atoms with van der Waals surface area (Å²) in [7, 11) is 1.96. The number of rotatable bonds is 3. The van der Waals surface area contributed by atoms with Gasteiger partial charge in [-0.25, -0.2) is 14.4 Å². The van der Waals surface area contributed by atoms with Gasteiger partial charge in [0.05, 0.1) is 17.1 Å². The second-order valence-corrected chi connectivity index (χ2v) is 7.08. The number of hydrogen-bond donors (Lipinski definition) is 2. The van der Waals surface area contributed by atoms with Gasteiger partial charge < -0.3 is 15.6 Å². The number of halogens is 1. The van der Waals surface area contributed by atoms with E-state index >= 15 is 0 Å². The number of amides is 1. The van der Waals surface area contributed by atoms with Crippen LogP contribution in [0, 0.1) is 5.92 Å². The van der Waals surface area contributed by atoms with E-state index in [1.807, 2.05) is 29.9 Å². The first-order valence-electron chi connectivity index (χ1n) is 8.92. The highest BCUT2D eigenvalue weighted by Gasteiger charge is 2.43. The molecule has 1 aliphatic carbocycles. The first kappa shape index (κ1) is 16.6. The summed E-state index contributed by atoms with van der Waals surface area (Å²) in [6.45, 7) is 0. The van der Waals surface area contributed by atoms with Gasteiger partial charge in [-0.05, 0) is 30.0 Å². The van der Waals surface area contributed by atoms with Crippen molar-refractivity contribution in [3.63, 3.8) is 0 Å². The summed E-state index contributed by atoms with van der Waals surface area (Å²) in [5, 5.41) is 5.15. The molecule has 0 aromatic carbocycles. The zero-order chi connectivity index (χ0) is 19.4. The van der Waals surface area contributed by atoms with Crippen molar-refractivity contribution < 1.29 is 9.18 Å². The van der Waals surface area contributed by atoms with Crippen LogP contribution in [0.15, 0.2) is 43.0 Å². The number of anilines is 2. The Bertz CT molecular complexity index is 1250. The van der Waals surface area contributed by atoms with Crippen LogP contribution in [0.3, 0.4) is 0 Å². The Morgan fingerprint density at radius 3 is 2.89 bits per heavy atom. The number of nitrogens with two attached hydrogens (primary N) is 1. The number of aromatic nitrogens is 4. The first-order chi connectivity index (χ1) is 13.5. The van der Waals surface area contributed by atoms with Crippen molar-refractivity contribution in [2.45, 2.75) is 12.6 Å². The monoisotopic (exact) mass is 376 g/mol. The van der Waals surface area contributed by atoms with E-state index in [1.165, 1.54) is 0 Å². The molecule has 4 aromatic heterocycles. The molecule has 1 fully saturated rings. The molecule has 3 N–H and O–H groups in total. The Kier molecular flexibility index (Phi) is 3.55. The summed E-state index contributed by atoms with van der Waals surface area (Å²) < 4.78 is 15.1. The highest BCUT2D eigenvalue weighted by molar-refractivity contribution is 6.00. The van der Waals surface area contributed by atoms with Gasteiger partial charge in [-0.3, -0.25) is 9.78 Å². The zero-order valence-corrected chi connectivity index (χ0v) is 15.1. The fraction of sp³-hybridized carbons (Fsp3) is 0.200. The molecule has 0 bridgehead atoms. The number of carbonyl (C=O) groups is 1. The molecule has 4 aromatic rings. The Balaban J connectivity index is 1.60. The molecule has 0 radical (unpaired) electrons. The lowest BCUT2D eigenvalue weighted by Gasteiger charge is -2.10. The third-order valence-electron chi connectivity index (χ3n) is 5.10. The number of carbonyl (C=O) groups excluding carboxylic acids is 1. The summed E-state index contributed by atoms with van der Waals surface area (Å²) >= 11 is 0. The van der Waals surface area contributed by atoms with E-state index < -0.39 is 12.1 Å². The lowest BCUT2D eigenvalue weighted by Crippen LogP contribution is -2.15. The Hall–Kier alpha value is -3.55. The minimum atomic E-state index is -1.05. The van der Waals surface area contributed by atoms with E-state index in [1.54, 1.807) is 24.7 Å². The number of nitrogens with one attached hydrogen (secondary N) is 1. The van der Waals surface area contributed by atoms with E-state index in [4.69, 9.17) is 5.73 Å². The minimum Gasteiger partial charge on any atom is -0.383 e. The van der Waals surface area contributed by atoms with Gasteiger partial charge >= 0.3 is 0 Å². The molecule has 1 aliphatic rings. The fourth-order valence-electron chi connectivity index (χ4n) is 3.47. The van der Waals surface area contributed by atoms with Crippen molar-refractivity contribution in [2.24, 2.45) is 13.0 Å². The van der Waals surface area contributed by atoms with Crippen molar-refractivity contribution in [1.82, 2.24) is 19.5 Å². The SMILES string of the molecule is Cn1ccc2cncc(-c3cc4cc(NC(=O)C5CC5F)ncc4c(N)n3)c21. The summed E-state index contributed by atoms with van der Waals surface area (Å²) in [5.74, 6) is -0.214. The number of pyridine rings is 3. The van der Waals surface area contributed by atoms with Crippen LogP contribution in [0.1, 0.15) is 6.42 Å². The van der Waals surface area contributed by atoms with Crippen molar-refractivity contribution in [2.75, 3.05) is 11.1 Å². The van der Waals surface area contributed by atoms with Crippen molar-refractivity contribution >= 4 is 39.2 Å². The molecule has 140 valence electrons. The molecule has 0 saturated heterocycles. The molecular formula is C20H17FN6O. The van der Waals surface area contributed by atoms with E-state index in [0.717, 1.165) is 21.9 Å². The maximum atomic E-state index is 13.1. The predicted molar refractivity (Wildman–Crippen MR) is 105 cm³/mol. The van der Waals surface area contributed by atoms with E-state index in [-0.39, 0.29) is 12.3 Å². The largest absolute Gasteiger partial charge is 0.383 e. The van der Waals surface area contributed by atoms with Gasteiger partial charge in [0.25, 0.3) is 0 Å². The van der Waals surface area contributed by atoms with Gasteiger partial charge in [-0.1, -0.05) is 0 Å². The number of aryl methyl sites for hydroxylation is 1. The topological polar surface area (TPSA) is 98.7 Å². The minimum absolute atomic E-state index is 0.272. The van der Waals surface area contributed by atoms with Gasteiger partial charge in [0.1, 0.15) is 17.8 Å². The smallest absolute Gasteiger partial charge is 0.231 e. The second-order valence-electron chi connectivity index (χ2n) is 7.08. The zero-order valence-electron chi connectivity index (χ0n) is 15.1. The van der Waals surface area contributed by atoms with Gasteiger partial charge in [0.15, 0.2) is 0 Å². The molecule has 2 unspecified atom stereocenters. The van der Waals surface area contributed by atoms with E-state index in [0.29, 0.717) is 22.7 Å². The number of hydrogen-bond acceptors (Lipinski definition) is 5. The van der Waals surface area contributed by atoms with Crippen molar-refractivity contribution in [1.29, 1.82) is 0 Å². The van der Waals surface area contributed by atoms with E-state index in [9.17, 15) is 9.18 Å². The van der Waals surface area contributed by atoms with Crippen LogP contribution in [0.25, 0.3) is 32.9 Å².